The van der Waals surface area contributed by atoms with Gasteiger partial charge in [0.1, 0.15) is 0 Å². The summed E-state index contributed by atoms with van der Waals surface area (Å²) in [6, 6.07) is 0. The Bertz CT molecular complexity index is 364. The summed E-state index contributed by atoms with van der Waals surface area (Å²) >= 11 is 0. The molecule has 2 rings (SSSR count). The quantitative estimate of drug-likeness (QED) is 0.510. The maximum absolute atomic E-state index is 10.9. The molecule has 0 saturated heterocycles. The van der Waals surface area contributed by atoms with Crippen LogP contribution in [0.4, 0.5) is 5.82 Å². The fourth-order valence-electron chi connectivity index (χ4n) is 0.687. The number of Topliss-reactive ketones (excluding diaryl/α,β-unsaturated/α-hetero) is 1. The van der Waals surface area contributed by atoms with Crippen molar-refractivity contribution in [1.82, 2.24) is 15.4 Å². The van der Waals surface area contributed by atoms with Crippen LogP contribution >= 0.6 is 0 Å². The minimum absolute atomic E-state index is 0.0644. The van der Waals surface area contributed by atoms with Gasteiger partial charge in [-0.05, 0) is 0 Å². The maximum atomic E-state index is 10.9. The highest BCUT2D eigenvalue weighted by molar-refractivity contribution is 6.44. The van der Waals surface area contributed by atoms with Crippen molar-refractivity contribution in [3.63, 3.8) is 0 Å². The third-order valence-electron chi connectivity index (χ3n) is 1.17. The topological polar surface area (TPSA) is 100 Å². The van der Waals surface area contributed by atoms with Gasteiger partial charge in [0.25, 0.3) is 5.78 Å². The lowest BCUT2D eigenvalue weighted by molar-refractivity contribution is -0.114. The summed E-state index contributed by atoms with van der Waals surface area (Å²) in [7, 11) is 0. The Balaban J connectivity index is 2.66. The zero-order valence-corrected chi connectivity index (χ0v) is 5.11. The van der Waals surface area contributed by atoms with E-state index in [4.69, 9.17) is 0 Å². The molecule has 7 heteroatoms. The van der Waals surface area contributed by atoms with Gasteiger partial charge in [-0.1, -0.05) is 0 Å². The van der Waals surface area contributed by atoms with Crippen molar-refractivity contribution in [2.24, 2.45) is 10.2 Å². The molecule has 0 aromatic carbocycles. The van der Waals surface area contributed by atoms with Crippen LogP contribution in [0.3, 0.4) is 0 Å². The summed E-state index contributed by atoms with van der Waals surface area (Å²) in [6.45, 7) is 0. The largest absolute Gasteiger partial charge is 0.338 e. The van der Waals surface area contributed by atoms with Gasteiger partial charge in [0.2, 0.25) is 5.82 Å². The lowest BCUT2D eigenvalue weighted by atomic mass is 10.2. The third kappa shape index (κ3) is 0.672. The van der Waals surface area contributed by atoms with Gasteiger partial charge in [-0.3, -0.25) is 9.59 Å². The summed E-state index contributed by atoms with van der Waals surface area (Å²) in [5, 5.41) is 15.4. The van der Waals surface area contributed by atoms with Gasteiger partial charge >= 0.3 is 5.91 Å². The molecule has 0 aliphatic carbocycles. The number of nitrogens with one attached hydrogen (secondary N) is 1. The van der Waals surface area contributed by atoms with Gasteiger partial charge in [0.05, 0.1) is 0 Å². The lowest BCUT2D eigenvalue weighted by Crippen LogP contribution is -2.14. The highest BCUT2D eigenvalue weighted by Crippen LogP contribution is 2.17. The van der Waals surface area contributed by atoms with E-state index in [2.05, 4.69) is 25.6 Å². The number of aromatic nitrogens is 3. The van der Waals surface area contributed by atoms with E-state index in [1.807, 2.05) is 0 Å². The molecule has 0 radical (unpaired) electrons. The summed E-state index contributed by atoms with van der Waals surface area (Å²) in [6.07, 6.45) is 0. The van der Waals surface area contributed by atoms with E-state index >= 15 is 0 Å². The second kappa shape index (κ2) is 1.78. The van der Waals surface area contributed by atoms with Crippen LogP contribution in [0.15, 0.2) is 10.2 Å². The van der Waals surface area contributed by atoms with E-state index in [0.717, 1.165) is 0 Å². The fourth-order valence-corrected chi connectivity index (χ4v) is 0.687. The summed E-state index contributed by atoms with van der Waals surface area (Å²) in [5.41, 5.74) is -0.0648. The van der Waals surface area contributed by atoms with Crippen molar-refractivity contribution in [2.75, 3.05) is 0 Å². The molecule has 1 N–H and O–H groups in total. The van der Waals surface area contributed by atoms with Gasteiger partial charge in [-0.2, -0.15) is 5.21 Å². The summed E-state index contributed by atoms with van der Waals surface area (Å²) in [4.78, 5) is 21.4. The molecule has 0 atom stereocenters. The SMILES string of the molecule is O=C1N=Nc2n[nH]nc2C1=O. The molecule has 54 valence electrons. The molecular formula is C4HN5O2. The Labute approximate surface area is 59.5 Å². The molecule has 1 aliphatic rings. The van der Waals surface area contributed by atoms with Crippen molar-refractivity contribution in [2.45, 2.75) is 0 Å². The van der Waals surface area contributed by atoms with E-state index < -0.39 is 11.7 Å². The van der Waals surface area contributed by atoms with E-state index in [9.17, 15) is 9.59 Å². The molecule has 0 fully saturated rings. The first kappa shape index (κ1) is 5.83. The number of H-pyrrole nitrogens is 1. The number of rotatable bonds is 0. The Morgan fingerprint density at radius 1 is 1.09 bits per heavy atom. The van der Waals surface area contributed by atoms with Crippen molar-refractivity contribution >= 4 is 17.5 Å². The molecule has 1 aromatic heterocycles. The number of hydrogen-bond acceptors (Lipinski definition) is 5. The zero-order chi connectivity index (χ0) is 7.84. The number of carbonyl (C=O) groups excluding carboxylic acids is 2. The predicted molar refractivity (Wildman–Crippen MR) is 30.2 cm³/mol. The number of fused-ring (bicyclic) bond motifs is 1. The van der Waals surface area contributed by atoms with Gasteiger partial charge in [-0.15, -0.1) is 20.4 Å². The molecule has 1 aromatic rings. The van der Waals surface area contributed by atoms with Crippen LogP contribution < -0.4 is 0 Å². The van der Waals surface area contributed by atoms with Gasteiger partial charge in [-0.25, -0.2) is 0 Å². The van der Waals surface area contributed by atoms with Crippen LogP contribution in [0.5, 0.6) is 0 Å². The zero-order valence-electron chi connectivity index (χ0n) is 5.11. The monoisotopic (exact) mass is 151 g/mol. The lowest BCUT2D eigenvalue weighted by Gasteiger charge is -1.94. The highest BCUT2D eigenvalue weighted by Gasteiger charge is 2.27. The number of amides is 1. The van der Waals surface area contributed by atoms with Gasteiger partial charge in [0.15, 0.2) is 5.69 Å². The number of carbonyl (C=O) groups is 2. The molecule has 1 aliphatic heterocycles. The molecule has 0 saturated carbocycles. The van der Waals surface area contributed by atoms with E-state index in [1.165, 1.54) is 0 Å². The molecule has 0 unspecified atom stereocenters. The second-order valence-electron chi connectivity index (χ2n) is 1.83. The summed E-state index contributed by atoms with van der Waals surface area (Å²) in [5.74, 6) is -1.62. The molecule has 7 nitrogen and oxygen atoms in total. The van der Waals surface area contributed by atoms with Crippen LogP contribution in [0.2, 0.25) is 0 Å². The van der Waals surface area contributed by atoms with Crippen LogP contribution in [0, 0.1) is 0 Å². The number of hydrogen-bond donors (Lipinski definition) is 1. The smallest absolute Gasteiger partial charge is 0.281 e. The maximum Gasteiger partial charge on any atom is 0.338 e. The van der Waals surface area contributed by atoms with E-state index in [0.29, 0.717) is 0 Å². The first-order valence-corrected chi connectivity index (χ1v) is 2.70. The molecular weight excluding hydrogens is 150 g/mol. The fraction of sp³-hybridized carbons (Fsp3) is 0. The number of nitrogens with zero attached hydrogens (tertiary/aromatic N) is 4. The van der Waals surface area contributed by atoms with Gasteiger partial charge in [0, 0.05) is 0 Å². The summed E-state index contributed by atoms with van der Waals surface area (Å²) < 4.78 is 0. The number of aromatic amines is 1. The van der Waals surface area contributed by atoms with Gasteiger partial charge < -0.3 is 0 Å². The van der Waals surface area contributed by atoms with Crippen LogP contribution in [0.1, 0.15) is 10.5 Å². The Morgan fingerprint density at radius 3 is 2.73 bits per heavy atom. The normalized spacial score (nSPS) is 15.3. The molecule has 2 heterocycles. The number of ketones is 1. The first-order chi connectivity index (χ1) is 5.29. The Hall–Kier alpha value is -1.92. The first-order valence-electron chi connectivity index (χ1n) is 2.70. The molecule has 11 heavy (non-hydrogen) atoms. The average Bonchev–Trinajstić information content (AvgIpc) is 2.45. The van der Waals surface area contributed by atoms with E-state index in [-0.39, 0.29) is 11.5 Å². The highest BCUT2D eigenvalue weighted by atomic mass is 16.2. The average molecular weight is 151 g/mol. The Kier molecular flexibility index (Phi) is 0.945. The predicted octanol–water partition coefficient (Wildman–Crippen LogP) is -0.389. The Morgan fingerprint density at radius 2 is 1.91 bits per heavy atom. The van der Waals surface area contributed by atoms with Crippen LogP contribution in [0.25, 0.3) is 0 Å². The minimum Gasteiger partial charge on any atom is -0.281 e. The van der Waals surface area contributed by atoms with Crippen LogP contribution in [-0.4, -0.2) is 27.1 Å². The molecule has 0 spiro atoms. The van der Waals surface area contributed by atoms with Crippen LogP contribution in [-0.2, 0) is 4.79 Å². The van der Waals surface area contributed by atoms with Crippen molar-refractivity contribution < 1.29 is 9.59 Å². The van der Waals surface area contributed by atoms with Crippen molar-refractivity contribution in [3.05, 3.63) is 5.69 Å². The molecule has 1 amide bonds. The number of azo groups is 1. The van der Waals surface area contributed by atoms with Crippen molar-refractivity contribution in [3.8, 4) is 0 Å². The van der Waals surface area contributed by atoms with E-state index in [1.54, 1.807) is 0 Å². The second-order valence-corrected chi connectivity index (χ2v) is 1.83. The van der Waals surface area contributed by atoms with Crippen molar-refractivity contribution in [1.29, 1.82) is 0 Å². The minimum atomic E-state index is -0.911. The standard InChI is InChI=1S/C4HN5O2/c10-2-1-3(7-9-5-1)6-8-4(2)11/h(H,5,7,9). The third-order valence-corrected chi connectivity index (χ3v) is 1.17. The molecule has 0 bridgehead atoms.